The molecule has 0 N–H and O–H groups in total. The van der Waals surface area contributed by atoms with Gasteiger partial charge < -0.3 is 0 Å². The first-order valence-corrected chi connectivity index (χ1v) is 10.3. The quantitative estimate of drug-likeness (QED) is 0.554. The zero-order valence-corrected chi connectivity index (χ0v) is 15.2. The molecule has 0 unspecified atom stereocenters. The van der Waals surface area contributed by atoms with Crippen LogP contribution in [0.25, 0.3) is 0 Å². The van der Waals surface area contributed by atoms with Crippen molar-refractivity contribution >= 4 is 58.8 Å². The zero-order chi connectivity index (χ0) is 13.1. The summed E-state index contributed by atoms with van der Waals surface area (Å²) < 4.78 is 0.569. The molecule has 0 spiro atoms. The van der Waals surface area contributed by atoms with Crippen LogP contribution in [-0.2, 0) is 0 Å². The van der Waals surface area contributed by atoms with Gasteiger partial charge in [-0.25, -0.2) is 0 Å². The van der Waals surface area contributed by atoms with Crippen molar-refractivity contribution in [2.24, 2.45) is 0 Å². The molecule has 3 rings (SSSR count). The van der Waals surface area contributed by atoms with Gasteiger partial charge in [-0.3, -0.25) is 0 Å². The van der Waals surface area contributed by atoms with E-state index in [4.69, 9.17) is 0 Å². The third-order valence-electron chi connectivity index (χ3n) is 2.73. The molecule has 1 aromatic rings. The van der Waals surface area contributed by atoms with E-state index in [-0.39, 0.29) is 8.16 Å². The molecular formula is C13H16S5. The van der Waals surface area contributed by atoms with Gasteiger partial charge in [-0.15, -0.1) is 58.8 Å². The summed E-state index contributed by atoms with van der Waals surface area (Å²) in [5, 5.41) is 0. The Balaban J connectivity index is 2.14. The molecule has 0 fully saturated rings. The van der Waals surface area contributed by atoms with Crippen LogP contribution < -0.4 is 0 Å². The predicted octanol–water partition coefficient (Wildman–Crippen LogP) is 6.28. The van der Waals surface area contributed by atoms with E-state index in [2.05, 4.69) is 40.0 Å². The Kier molecular flexibility index (Phi) is 3.47. The molecule has 18 heavy (non-hydrogen) atoms. The van der Waals surface area contributed by atoms with E-state index in [0.717, 1.165) is 0 Å². The molecule has 2 heterocycles. The van der Waals surface area contributed by atoms with Gasteiger partial charge in [0.25, 0.3) is 0 Å². The highest BCUT2D eigenvalue weighted by molar-refractivity contribution is 8.22. The largest absolute Gasteiger partial charge is 0.127 e. The SMILES string of the molecule is CSc1c2c(cc3c1SC(C)(C)S3)SC(C)(C)S2. The first-order valence-electron chi connectivity index (χ1n) is 5.82. The molecule has 2 aliphatic rings. The van der Waals surface area contributed by atoms with Crippen LogP contribution >= 0.6 is 58.8 Å². The summed E-state index contributed by atoms with van der Waals surface area (Å²) in [4.78, 5) is 7.51. The van der Waals surface area contributed by atoms with E-state index in [1.807, 2.05) is 58.8 Å². The summed E-state index contributed by atoms with van der Waals surface area (Å²) in [5.74, 6) is 0. The number of rotatable bonds is 1. The maximum Gasteiger partial charge on any atom is 0.0650 e. The summed E-state index contributed by atoms with van der Waals surface area (Å²) in [6, 6.07) is 2.42. The lowest BCUT2D eigenvalue weighted by Gasteiger charge is -2.15. The standard InChI is InChI=1S/C13H16S5/c1-12(2)15-7-6-8-10(18-13(3,4)16-8)11(14-5)9(7)17-12/h6H,1-5H3. The van der Waals surface area contributed by atoms with Crippen LogP contribution in [0, 0.1) is 0 Å². The van der Waals surface area contributed by atoms with Crippen molar-refractivity contribution in [1.29, 1.82) is 0 Å². The Labute approximate surface area is 131 Å². The van der Waals surface area contributed by atoms with Crippen molar-refractivity contribution in [3.8, 4) is 0 Å². The first kappa shape index (κ1) is 13.9. The molecule has 0 radical (unpaired) electrons. The lowest BCUT2D eigenvalue weighted by atomic mass is 10.3. The highest BCUT2D eigenvalue weighted by Crippen LogP contribution is 2.65. The number of fused-ring (bicyclic) bond motifs is 2. The fourth-order valence-electron chi connectivity index (χ4n) is 2.17. The minimum atomic E-state index is 0.284. The topological polar surface area (TPSA) is 0 Å². The zero-order valence-electron chi connectivity index (χ0n) is 11.1. The summed E-state index contributed by atoms with van der Waals surface area (Å²) in [7, 11) is 0. The van der Waals surface area contributed by atoms with Gasteiger partial charge >= 0.3 is 0 Å². The monoisotopic (exact) mass is 332 g/mol. The van der Waals surface area contributed by atoms with Crippen molar-refractivity contribution < 1.29 is 0 Å². The van der Waals surface area contributed by atoms with Gasteiger partial charge in [0.05, 0.1) is 8.16 Å². The fraction of sp³-hybridized carbons (Fsp3) is 0.538. The smallest absolute Gasteiger partial charge is 0.0650 e. The summed E-state index contributed by atoms with van der Waals surface area (Å²) in [6.07, 6.45) is 2.21. The lowest BCUT2D eigenvalue weighted by molar-refractivity contribution is 0.974. The lowest BCUT2D eigenvalue weighted by Crippen LogP contribution is -2.02. The minimum absolute atomic E-state index is 0.284. The van der Waals surface area contributed by atoms with Crippen LogP contribution in [0.4, 0.5) is 0 Å². The second-order valence-corrected chi connectivity index (χ2v) is 13.2. The van der Waals surface area contributed by atoms with Gasteiger partial charge in [0.15, 0.2) is 0 Å². The summed E-state index contributed by atoms with van der Waals surface area (Å²) in [6.45, 7) is 9.28. The van der Waals surface area contributed by atoms with Crippen LogP contribution in [0.2, 0.25) is 0 Å². The maximum atomic E-state index is 2.42. The summed E-state index contributed by atoms with van der Waals surface area (Å²) in [5.41, 5.74) is 0. The van der Waals surface area contributed by atoms with Gasteiger partial charge in [0.1, 0.15) is 0 Å². The van der Waals surface area contributed by atoms with Crippen LogP contribution in [0.5, 0.6) is 0 Å². The van der Waals surface area contributed by atoms with E-state index >= 15 is 0 Å². The van der Waals surface area contributed by atoms with E-state index in [0.29, 0.717) is 0 Å². The highest BCUT2D eigenvalue weighted by Gasteiger charge is 2.39. The molecule has 0 atom stereocenters. The molecule has 5 heteroatoms. The predicted molar refractivity (Wildman–Crippen MR) is 89.8 cm³/mol. The molecule has 0 nitrogen and oxygen atoms in total. The van der Waals surface area contributed by atoms with Gasteiger partial charge in [-0.1, -0.05) is 0 Å². The normalized spacial score (nSPS) is 22.9. The van der Waals surface area contributed by atoms with Crippen molar-refractivity contribution in [3.05, 3.63) is 6.07 Å². The number of hydrogen-bond donors (Lipinski definition) is 0. The molecule has 2 aliphatic heterocycles. The second kappa shape index (κ2) is 4.48. The molecule has 0 bridgehead atoms. The first-order chi connectivity index (χ1) is 8.31. The van der Waals surface area contributed by atoms with Crippen molar-refractivity contribution in [1.82, 2.24) is 0 Å². The van der Waals surface area contributed by atoms with Gasteiger partial charge in [0, 0.05) is 24.5 Å². The van der Waals surface area contributed by atoms with Crippen LogP contribution in [0.3, 0.4) is 0 Å². The Hall–Kier alpha value is 0.970. The molecule has 0 amide bonds. The molecule has 0 saturated heterocycles. The molecule has 0 saturated carbocycles. The third-order valence-corrected chi connectivity index (χ3v) is 9.37. The van der Waals surface area contributed by atoms with E-state index in [9.17, 15) is 0 Å². The van der Waals surface area contributed by atoms with Crippen molar-refractivity contribution in [3.63, 3.8) is 0 Å². The van der Waals surface area contributed by atoms with Crippen molar-refractivity contribution in [2.45, 2.75) is 60.3 Å². The second-order valence-electron chi connectivity index (χ2n) is 5.27. The van der Waals surface area contributed by atoms with Gasteiger partial charge in [-0.2, -0.15) is 0 Å². The van der Waals surface area contributed by atoms with Gasteiger partial charge in [-0.05, 0) is 40.0 Å². The highest BCUT2D eigenvalue weighted by atomic mass is 32.2. The van der Waals surface area contributed by atoms with E-state index < -0.39 is 0 Å². The number of hydrogen-bond acceptors (Lipinski definition) is 5. The van der Waals surface area contributed by atoms with E-state index in [1.54, 1.807) is 0 Å². The Morgan fingerprint density at radius 3 is 1.67 bits per heavy atom. The molecule has 0 aliphatic carbocycles. The van der Waals surface area contributed by atoms with E-state index in [1.165, 1.54) is 24.5 Å². The van der Waals surface area contributed by atoms with Crippen LogP contribution in [0.1, 0.15) is 27.7 Å². The Morgan fingerprint density at radius 2 is 1.28 bits per heavy atom. The van der Waals surface area contributed by atoms with Gasteiger partial charge in [0.2, 0.25) is 0 Å². The molecule has 0 aromatic heterocycles. The molecule has 1 aromatic carbocycles. The average Bonchev–Trinajstić information content (AvgIpc) is 2.67. The van der Waals surface area contributed by atoms with Crippen molar-refractivity contribution in [2.75, 3.05) is 6.26 Å². The fourth-order valence-corrected chi connectivity index (χ4v) is 9.15. The minimum Gasteiger partial charge on any atom is -0.127 e. The number of thioether (sulfide) groups is 5. The van der Waals surface area contributed by atoms with Crippen LogP contribution in [0.15, 0.2) is 30.5 Å². The summed E-state index contributed by atoms with van der Waals surface area (Å²) >= 11 is 10.0. The average molecular weight is 333 g/mol. The molecule has 98 valence electrons. The van der Waals surface area contributed by atoms with Crippen LogP contribution in [-0.4, -0.2) is 14.4 Å². The molecular weight excluding hydrogens is 316 g/mol. The number of benzene rings is 1. The Bertz CT molecular complexity index is 476. The third kappa shape index (κ3) is 2.34. The Morgan fingerprint density at radius 1 is 0.833 bits per heavy atom. The maximum absolute atomic E-state index is 2.42.